The summed E-state index contributed by atoms with van der Waals surface area (Å²) < 4.78 is 0. The molecule has 0 atom stereocenters. The van der Waals surface area contributed by atoms with E-state index in [4.69, 9.17) is 5.11 Å². The van der Waals surface area contributed by atoms with Crippen LogP contribution in [0.15, 0.2) is 24.5 Å². The maximum Gasteiger partial charge on any atom is 0.337 e. The zero-order chi connectivity index (χ0) is 13.8. The fourth-order valence-corrected chi connectivity index (χ4v) is 2.11. The monoisotopic (exact) mass is 277 g/mol. The van der Waals surface area contributed by atoms with Gasteiger partial charge in [-0.2, -0.15) is 0 Å². The summed E-state index contributed by atoms with van der Waals surface area (Å²) in [6, 6.07) is 2.73. The van der Waals surface area contributed by atoms with Gasteiger partial charge in [0.15, 0.2) is 0 Å². The topological polar surface area (TPSA) is 92.2 Å². The maximum absolute atomic E-state index is 11.8. The summed E-state index contributed by atoms with van der Waals surface area (Å²) in [4.78, 5) is 31.4. The Morgan fingerprint density at radius 2 is 2.11 bits per heavy atom. The van der Waals surface area contributed by atoms with Gasteiger partial charge in [0.25, 0.3) is 5.91 Å². The molecule has 0 spiro atoms. The molecule has 19 heavy (non-hydrogen) atoms. The first-order chi connectivity index (χ1) is 9.06. The fourth-order valence-electron chi connectivity index (χ4n) is 1.38. The van der Waals surface area contributed by atoms with Crippen molar-refractivity contribution in [2.45, 2.75) is 13.5 Å². The molecule has 2 rings (SSSR count). The minimum atomic E-state index is -1.07. The summed E-state index contributed by atoms with van der Waals surface area (Å²) in [6.07, 6.45) is 2.90. The predicted molar refractivity (Wildman–Crippen MR) is 69.2 cm³/mol. The normalized spacial score (nSPS) is 10.2. The van der Waals surface area contributed by atoms with Crippen LogP contribution in [0.3, 0.4) is 0 Å². The largest absolute Gasteiger partial charge is 0.478 e. The Bertz CT molecular complexity index is 607. The van der Waals surface area contributed by atoms with Gasteiger partial charge in [0.05, 0.1) is 12.1 Å². The smallest absolute Gasteiger partial charge is 0.337 e. The van der Waals surface area contributed by atoms with Crippen LogP contribution >= 0.6 is 11.3 Å². The highest BCUT2D eigenvalue weighted by Crippen LogP contribution is 2.10. The number of aromatic nitrogens is 2. The number of aryl methyl sites for hydroxylation is 1. The average molecular weight is 277 g/mol. The number of carbonyl (C=O) groups excluding carboxylic acids is 1. The number of pyridine rings is 1. The zero-order valence-corrected chi connectivity index (χ0v) is 10.9. The van der Waals surface area contributed by atoms with Gasteiger partial charge >= 0.3 is 5.97 Å². The summed E-state index contributed by atoms with van der Waals surface area (Å²) in [7, 11) is 0. The third-order valence-corrected chi connectivity index (χ3v) is 3.23. The molecule has 0 aliphatic rings. The molecule has 0 fully saturated rings. The molecular formula is C12H11N3O3S. The SMILES string of the molecule is Cc1cnc(CNC(=O)c2ccc(C(=O)O)cn2)s1. The second kappa shape index (κ2) is 5.57. The minimum Gasteiger partial charge on any atom is -0.478 e. The highest BCUT2D eigenvalue weighted by atomic mass is 32.1. The Labute approximate surface area is 113 Å². The number of carbonyl (C=O) groups is 2. The Kier molecular flexibility index (Phi) is 3.86. The molecule has 2 aromatic heterocycles. The third kappa shape index (κ3) is 3.35. The van der Waals surface area contributed by atoms with Gasteiger partial charge in [0.2, 0.25) is 0 Å². The quantitative estimate of drug-likeness (QED) is 0.883. The fraction of sp³-hybridized carbons (Fsp3) is 0.167. The van der Waals surface area contributed by atoms with E-state index in [1.54, 1.807) is 6.20 Å². The van der Waals surface area contributed by atoms with Crippen LogP contribution in [0.1, 0.15) is 30.7 Å². The minimum absolute atomic E-state index is 0.0482. The van der Waals surface area contributed by atoms with Crippen molar-refractivity contribution in [3.63, 3.8) is 0 Å². The lowest BCUT2D eigenvalue weighted by Gasteiger charge is -2.02. The molecule has 0 saturated heterocycles. The van der Waals surface area contributed by atoms with E-state index >= 15 is 0 Å². The Morgan fingerprint density at radius 1 is 1.32 bits per heavy atom. The van der Waals surface area contributed by atoms with Crippen LogP contribution in [0.2, 0.25) is 0 Å². The van der Waals surface area contributed by atoms with E-state index in [1.807, 2.05) is 6.92 Å². The number of hydrogen-bond acceptors (Lipinski definition) is 5. The molecular weight excluding hydrogens is 266 g/mol. The standard InChI is InChI=1S/C12H11N3O3S/c1-7-4-14-10(19-7)6-15-11(16)9-3-2-8(5-13-9)12(17)18/h2-5H,6H2,1H3,(H,15,16)(H,17,18). The molecule has 0 aromatic carbocycles. The molecule has 0 saturated carbocycles. The summed E-state index contributed by atoms with van der Waals surface area (Å²) in [5, 5.41) is 12.2. The van der Waals surface area contributed by atoms with E-state index in [0.29, 0.717) is 6.54 Å². The van der Waals surface area contributed by atoms with Gasteiger partial charge in [0.1, 0.15) is 10.7 Å². The number of nitrogens with one attached hydrogen (secondary N) is 1. The number of thiazole rings is 1. The van der Waals surface area contributed by atoms with Crippen LogP contribution in [0.25, 0.3) is 0 Å². The molecule has 7 heteroatoms. The molecule has 0 unspecified atom stereocenters. The number of carboxylic acids is 1. The van der Waals surface area contributed by atoms with E-state index < -0.39 is 5.97 Å². The number of hydrogen-bond donors (Lipinski definition) is 2. The van der Waals surface area contributed by atoms with Crippen molar-refractivity contribution >= 4 is 23.2 Å². The molecule has 0 bridgehead atoms. The number of rotatable bonds is 4. The second-order valence-electron chi connectivity index (χ2n) is 3.78. The van der Waals surface area contributed by atoms with Crippen LogP contribution in [-0.2, 0) is 6.54 Å². The zero-order valence-electron chi connectivity index (χ0n) is 10.1. The van der Waals surface area contributed by atoms with E-state index in [-0.39, 0.29) is 17.2 Å². The average Bonchev–Trinajstić information content (AvgIpc) is 2.82. The third-order valence-electron chi connectivity index (χ3n) is 2.31. The summed E-state index contributed by atoms with van der Waals surface area (Å²) in [6.45, 7) is 2.27. The molecule has 0 aliphatic carbocycles. The lowest BCUT2D eigenvalue weighted by Crippen LogP contribution is -2.23. The molecule has 1 amide bonds. The molecule has 2 N–H and O–H groups in total. The number of aromatic carboxylic acids is 1. The lowest BCUT2D eigenvalue weighted by molar-refractivity contribution is 0.0695. The number of amides is 1. The maximum atomic E-state index is 11.8. The highest BCUT2D eigenvalue weighted by molar-refractivity contribution is 7.11. The first-order valence-corrected chi connectivity index (χ1v) is 6.27. The van der Waals surface area contributed by atoms with Crippen LogP contribution in [-0.4, -0.2) is 27.0 Å². The van der Waals surface area contributed by atoms with Crippen LogP contribution in [0.5, 0.6) is 0 Å². The Balaban J connectivity index is 1.98. The summed E-state index contributed by atoms with van der Waals surface area (Å²) in [5.41, 5.74) is 0.227. The highest BCUT2D eigenvalue weighted by Gasteiger charge is 2.09. The molecule has 0 aliphatic heterocycles. The Morgan fingerprint density at radius 3 is 2.63 bits per heavy atom. The van der Waals surface area contributed by atoms with Gasteiger partial charge in [-0.05, 0) is 19.1 Å². The molecule has 2 aromatic rings. The Hall–Kier alpha value is -2.28. The van der Waals surface area contributed by atoms with E-state index in [0.717, 1.165) is 16.1 Å². The molecule has 98 valence electrons. The molecule has 2 heterocycles. The van der Waals surface area contributed by atoms with E-state index in [9.17, 15) is 9.59 Å². The van der Waals surface area contributed by atoms with Gasteiger partial charge in [-0.25, -0.2) is 9.78 Å². The number of nitrogens with zero attached hydrogens (tertiary/aromatic N) is 2. The van der Waals surface area contributed by atoms with Gasteiger partial charge in [-0.3, -0.25) is 9.78 Å². The van der Waals surface area contributed by atoms with Crippen molar-refractivity contribution in [1.29, 1.82) is 0 Å². The number of carboxylic acid groups (broad SMARTS) is 1. The lowest BCUT2D eigenvalue weighted by atomic mass is 10.2. The summed E-state index contributed by atoms with van der Waals surface area (Å²) in [5.74, 6) is -1.43. The molecule has 6 nitrogen and oxygen atoms in total. The van der Waals surface area contributed by atoms with Crippen molar-refractivity contribution in [3.8, 4) is 0 Å². The van der Waals surface area contributed by atoms with Gasteiger partial charge in [0, 0.05) is 17.3 Å². The first kappa shape index (κ1) is 13.2. The predicted octanol–water partition coefficient (Wildman–Crippen LogP) is 1.47. The van der Waals surface area contributed by atoms with Crippen LogP contribution < -0.4 is 5.32 Å². The van der Waals surface area contributed by atoms with Crippen LogP contribution in [0, 0.1) is 6.92 Å². The second-order valence-corrected chi connectivity index (χ2v) is 5.10. The van der Waals surface area contributed by atoms with E-state index in [2.05, 4.69) is 15.3 Å². The van der Waals surface area contributed by atoms with Crippen molar-refractivity contribution in [3.05, 3.63) is 45.7 Å². The first-order valence-electron chi connectivity index (χ1n) is 5.45. The van der Waals surface area contributed by atoms with Gasteiger partial charge in [-0.15, -0.1) is 11.3 Å². The summed E-state index contributed by atoms with van der Waals surface area (Å²) >= 11 is 1.51. The van der Waals surface area contributed by atoms with Crippen molar-refractivity contribution in [2.75, 3.05) is 0 Å². The van der Waals surface area contributed by atoms with Crippen molar-refractivity contribution in [2.24, 2.45) is 0 Å². The van der Waals surface area contributed by atoms with Gasteiger partial charge < -0.3 is 10.4 Å². The van der Waals surface area contributed by atoms with Crippen molar-refractivity contribution < 1.29 is 14.7 Å². The van der Waals surface area contributed by atoms with E-state index in [1.165, 1.54) is 23.5 Å². The van der Waals surface area contributed by atoms with Crippen LogP contribution in [0.4, 0.5) is 0 Å². The van der Waals surface area contributed by atoms with Crippen molar-refractivity contribution in [1.82, 2.24) is 15.3 Å². The van der Waals surface area contributed by atoms with Gasteiger partial charge in [-0.1, -0.05) is 0 Å². The molecule has 0 radical (unpaired) electrons.